The summed E-state index contributed by atoms with van der Waals surface area (Å²) in [6.45, 7) is -0.314. The monoisotopic (exact) mass is 348 g/mol. The van der Waals surface area contributed by atoms with Gasteiger partial charge in [0.05, 0.1) is 6.42 Å². The van der Waals surface area contributed by atoms with Crippen LogP contribution in [0.5, 0.6) is 0 Å². The van der Waals surface area contributed by atoms with E-state index in [1.54, 1.807) is 30.5 Å². The van der Waals surface area contributed by atoms with E-state index in [4.69, 9.17) is 16.7 Å². The molecule has 2 aromatic rings. The minimum Gasteiger partial charge on any atom is -0.480 e. The number of hydrogen-bond acceptors (Lipinski definition) is 2. The minimum absolute atomic E-state index is 0.314. The Morgan fingerprint density at radius 2 is 2.00 bits per heavy atom. The molecule has 1 aromatic carbocycles. The number of carbonyl (C=O) groups excluding carboxylic acids is 1. The van der Waals surface area contributed by atoms with Crippen molar-refractivity contribution in [2.24, 2.45) is 0 Å². The number of fused-ring (bicyclic) bond motifs is 1. The summed E-state index contributed by atoms with van der Waals surface area (Å²) in [5.41, 5.74) is 0.621. The van der Waals surface area contributed by atoms with Crippen molar-refractivity contribution >= 4 is 34.4 Å². The first-order valence-electron chi connectivity index (χ1n) is 6.49. The molecule has 2 N–H and O–H groups in total. The topological polar surface area (TPSA) is 71.3 Å². The number of benzene rings is 1. The largest absolute Gasteiger partial charge is 0.480 e. The van der Waals surface area contributed by atoms with Crippen LogP contribution in [0.1, 0.15) is 6.42 Å². The van der Waals surface area contributed by atoms with E-state index in [1.165, 1.54) is 4.57 Å². The van der Waals surface area contributed by atoms with Crippen molar-refractivity contribution in [3.63, 3.8) is 0 Å². The standard InChI is InChI=1S/C14H12ClF3N2O3/c15-9-2-1-8-3-4-20(11(8)5-9)7-12(21)19-10(13(22)23)6-14(16,17)18/h1-5,10H,6-7H2,(H,19,21)(H,22,23). The fourth-order valence-corrected chi connectivity index (χ4v) is 2.29. The molecule has 0 radical (unpaired) electrons. The Morgan fingerprint density at radius 1 is 1.30 bits per heavy atom. The predicted molar refractivity (Wildman–Crippen MR) is 77.2 cm³/mol. The van der Waals surface area contributed by atoms with Crippen molar-refractivity contribution < 1.29 is 27.9 Å². The zero-order valence-electron chi connectivity index (χ0n) is 11.6. The Balaban J connectivity index is 2.11. The normalized spacial score (nSPS) is 13.0. The van der Waals surface area contributed by atoms with Crippen molar-refractivity contribution in [3.05, 3.63) is 35.5 Å². The first-order valence-corrected chi connectivity index (χ1v) is 6.87. The third-order valence-electron chi connectivity index (χ3n) is 3.12. The zero-order valence-corrected chi connectivity index (χ0v) is 12.4. The van der Waals surface area contributed by atoms with Gasteiger partial charge in [0, 0.05) is 16.7 Å². The van der Waals surface area contributed by atoms with Gasteiger partial charge in [0.15, 0.2) is 0 Å². The molecule has 0 saturated heterocycles. The van der Waals surface area contributed by atoms with Crippen LogP contribution in [0, 0.1) is 0 Å². The summed E-state index contributed by atoms with van der Waals surface area (Å²) in [5.74, 6) is -2.57. The molecule has 9 heteroatoms. The molecule has 1 unspecified atom stereocenters. The molecule has 0 fully saturated rings. The van der Waals surface area contributed by atoms with Crippen molar-refractivity contribution in [2.75, 3.05) is 0 Å². The lowest BCUT2D eigenvalue weighted by Gasteiger charge is -2.16. The van der Waals surface area contributed by atoms with Crippen LogP contribution >= 0.6 is 11.6 Å². The average molecular weight is 349 g/mol. The van der Waals surface area contributed by atoms with E-state index in [9.17, 15) is 22.8 Å². The van der Waals surface area contributed by atoms with Gasteiger partial charge in [-0.2, -0.15) is 13.2 Å². The number of aliphatic carboxylic acids is 1. The van der Waals surface area contributed by atoms with Crippen LogP contribution in [0.2, 0.25) is 5.02 Å². The van der Waals surface area contributed by atoms with Gasteiger partial charge in [0.25, 0.3) is 0 Å². The lowest BCUT2D eigenvalue weighted by molar-refractivity contribution is -0.160. The number of carboxylic acid groups (broad SMARTS) is 1. The predicted octanol–water partition coefficient (Wildman–Crippen LogP) is 2.82. The highest BCUT2D eigenvalue weighted by molar-refractivity contribution is 6.31. The maximum absolute atomic E-state index is 12.3. The Bertz CT molecular complexity index is 742. The molecule has 1 atom stereocenters. The summed E-state index contributed by atoms with van der Waals surface area (Å²) in [6, 6.07) is 4.69. The molecule has 124 valence electrons. The van der Waals surface area contributed by atoms with Gasteiger partial charge in [0.1, 0.15) is 12.6 Å². The fraction of sp³-hybridized carbons (Fsp3) is 0.286. The van der Waals surface area contributed by atoms with Crippen LogP contribution < -0.4 is 5.32 Å². The van der Waals surface area contributed by atoms with Crippen LogP contribution in [0.3, 0.4) is 0 Å². The number of rotatable bonds is 5. The molecule has 0 saturated carbocycles. The molecule has 0 aliphatic rings. The third-order valence-corrected chi connectivity index (χ3v) is 3.35. The molecular weight excluding hydrogens is 337 g/mol. The molecule has 23 heavy (non-hydrogen) atoms. The highest BCUT2D eigenvalue weighted by Crippen LogP contribution is 2.22. The van der Waals surface area contributed by atoms with Crippen LogP contribution in [0.25, 0.3) is 10.9 Å². The number of alkyl halides is 3. The van der Waals surface area contributed by atoms with E-state index in [2.05, 4.69) is 0 Å². The smallest absolute Gasteiger partial charge is 0.391 e. The number of hydrogen-bond donors (Lipinski definition) is 2. The van der Waals surface area contributed by atoms with E-state index < -0.39 is 30.5 Å². The summed E-state index contributed by atoms with van der Waals surface area (Å²) >= 11 is 5.87. The van der Waals surface area contributed by atoms with Crippen LogP contribution in [0.4, 0.5) is 13.2 Å². The molecule has 1 heterocycles. The van der Waals surface area contributed by atoms with Crippen molar-refractivity contribution in [1.82, 2.24) is 9.88 Å². The number of carbonyl (C=O) groups is 2. The minimum atomic E-state index is -4.69. The van der Waals surface area contributed by atoms with Crippen LogP contribution in [0.15, 0.2) is 30.5 Å². The lowest BCUT2D eigenvalue weighted by atomic mass is 10.2. The molecule has 0 bridgehead atoms. The first kappa shape index (κ1) is 17.1. The molecule has 5 nitrogen and oxygen atoms in total. The van der Waals surface area contributed by atoms with Gasteiger partial charge in [-0.3, -0.25) is 4.79 Å². The van der Waals surface area contributed by atoms with Gasteiger partial charge in [-0.15, -0.1) is 0 Å². The zero-order chi connectivity index (χ0) is 17.2. The summed E-state index contributed by atoms with van der Waals surface area (Å²) in [6.07, 6.45) is -4.75. The second kappa shape index (κ2) is 6.49. The first-order chi connectivity index (χ1) is 10.7. The molecule has 0 spiro atoms. The molecule has 1 amide bonds. The van der Waals surface area contributed by atoms with Crippen LogP contribution in [-0.4, -0.2) is 33.8 Å². The Labute approximate surface area is 133 Å². The van der Waals surface area contributed by atoms with E-state index in [1.807, 2.05) is 5.32 Å². The maximum atomic E-state index is 12.3. The Hall–Kier alpha value is -2.22. The van der Waals surface area contributed by atoms with Crippen LogP contribution in [-0.2, 0) is 16.1 Å². The number of carboxylic acids is 1. The lowest BCUT2D eigenvalue weighted by Crippen LogP contribution is -2.44. The quantitative estimate of drug-likeness (QED) is 0.872. The molecular formula is C14H12ClF3N2O3. The summed E-state index contributed by atoms with van der Waals surface area (Å²) in [5, 5.41) is 11.9. The van der Waals surface area contributed by atoms with Gasteiger partial charge in [-0.1, -0.05) is 17.7 Å². The number of nitrogens with one attached hydrogen (secondary N) is 1. The maximum Gasteiger partial charge on any atom is 0.391 e. The molecule has 2 rings (SSSR count). The molecule has 1 aromatic heterocycles. The third kappa shape index (κ3) is 4.62. The van der Waals surface area contributed by atoms with E-state index in [-0.39, 0.29) is 6.54 Å². The van der Waals surface area contributed by atoms with Gasteiger partial charge >= 0.3 is 12.1 Å². The summed E-state index contributed by atoms with van der Waals surface area (Å²) in [4.78, 5) is 22.7. The number of halogens is 4. The van der Waals surface area contributed by atoms with Gasteiger partial charge in [-0.05, 0) is 23.6 Å². The number of nitrogens with zero attached hydrogens (tertiary/aromatic N) is 1. The fourth-order valence-electron chi connectivity index (χ4n) is 2.12. The number of aromatic nitrogens is 1. The highest BCUT2D eigenvalue weighted by Gasteiger charge is 2.36. The van der Waals surface area contributed by atoms with Gasteiger partial charge < -0.3 is 15.0 Å². The number of amides is 1. The van der Waals surface area contributed by atoms with Crippen molar-refractivity contribution in [2.45, 2.75) is 25.2 Å². The summed E-state index contributed by atoms with van der Waals surface area (Å²) in [7, 11) is 0. The van der Waals surface area contributed by atoms with E-state index >= 15 is 0 Å². The van der Waals surface area contributed by atoms with E-state index in [0.29, 0.717) is 10.5 Å². The average Bonchev–Trinajstić information content (AvgIpc) is 2.79. The molecule has 0 aliphatic heterocycles. The highest BCUT2D eigenvalue weighted by atomic mass is 35.5. The van der Waals surface area contributed by atoms with Gasteiger partial charge in [0.2, 0.25) is 5.91 Å². The SMILES string of the molecule is O=C(Cn1ccc2ccc(Cl)cc21)NC(CC(F)(F)F)C(=O)O. The van der Waals surface area contributed by atoms with Crippen molar-refractivity contribution in [1.29, 1.82) is 0 Å². The Kier molecular flexibility index (Phi) is 4.84. The summed E-state index contributed by atoms with van der Waals surface area (Å²) < 4.78 is 38.4. The van der Waals surface area contributed by atoms with E-state index in [0.717, 1.165) is 5.39 Å². The molecule has 0 aliphatic carbocycles. The van der Waals surface area contributed by atoms with Crippen molar-refractivity contribution in [3.8, 4) is 0 Å². The second-order valence-electron chi connectivity index (χ2n) is 4.92. The Morgan fingerprint density at radius 3 is 2.61 bits per heavy atom. The van der Waals surface area contributed by atoms with Gasteiger partial charge in [-0.25, -0.2) is 4.79 Å². The second-order valence-corrected chi connectivity index (χ2v) is 5.36.